The summed E-state index contributed by atoms with van der Waals surface area (Å²) in [6.45, 7) is 0. The van der Waals surface area contributed by atoms with Gasteiger partial charge >= 0.3 is 0 Å². The largest absolute Gasteiger partial charge is 0.457 e. The van der Waals surface area contributed by atoms with Crippen LogP contribution >= 0.6 is 0 Å². The summed E-state index contributed by atoms with van der Waals surface area (Å²) in [4.78, 5) is 14.7. The van der Waals surface area contributed by atoms with E-state index in [1.165, 1.54) is 12.3 Å². The number of allylic oxidation sites excluding steroid dienone is 1. The number of ketones is 1. The SMILES string of the molecule is O=C(C1=CN(c2ccc(Oc3ccccc3)cc2)c2ccccc2S1(=O)=O)c1ccccc1. The molecule has 5 rings (SSSR count). The van der Waals surface area contributed by atoms with Crippen molar-refractivity contribution >= 4 is 27.0 Å². The zero-order valence-corrected chi connectivity index (χ0v) is 18.3. The lowest BCUT2D eigenvalue weighted by atomic mass is 10.1. The van der Waals surface area contributed by atoms with Gasteiger partial charge in [0.15, 0.2) is 0 Å². The van der Waals surface area contributed by atoms with Gasteiger partial charge in [0.1, 0.15) is 16.4 Å². The number of para-hydroxylation sites is 2. The van der Waals surface area contributed by atoms with Gasteiger partial charge in [0.05, 0.1) is 10.6 Å². The Bertz CT molecular complexity index is 1450. The highest BCUT2D eigenvalue weighted by Gasteiger charge is 2.35. The smallest absolute Gasteiger partial charge is 0.214 e. The van der Waals surface area contributed by atoms with E-state index in [-0.39, 0.29) is 9.80 Å². The van der Waals surface area contributed by atoms with Crippen molar-refractivity contribution in [1.29, 1.82) is 0 Å². The van der Waals surface area contributed by atoms with Crippen LogP contribution in [0.4, 0.5) is 11.4 Å². The first kappa shape index (κ1) is 20.7. The van der Waals surface area contributed by atoms with E-state index < -0.39 is 15.6 Å². The minimum atomic E-state index is -3.97. The van der Waals surface area contributed by atoms with Gasteiger partial charge in [0, 0.05) is 17.5 Å². The topological polar surface area (TPSA) is 63.7 Å². The molecule has 162 valence electrons. The lowest BCUT2D eigenvalue weighted by molar-refractivity contribution is 0.104. The minimum Gasteiger partial charge on any atom is -0.457 e. The van der Waals surface area contributed by atoms with Gasteiger partial charge in [0.2, 0.25) is 15.6 Å². The monoisotopic (exact) mass is 453 g/mol. The molecule has 33 heavy (non-hydrogen) atoms. The second kappa shape index (κ2) is 8.41. The van der Waals surface area contributed by atoms with E-state index in [0.717, 1.165) is 5.75 Å². The number of ether oxygens (including phenoxy) is 1. The number of carbonyl (C=O) groups is 1. The normalized spacial score (nSPS) is 14.2. The first-order valence-electron chi connectivity index (χ1n) is 10.3. The summed E-state index contributed by atoms with van der Waals surface area (Å²) >= 11 is 0. The Morgan fingerprint density at radius 2 is 1.24 bits per heavy atom. The number of sulfone groups is 1. The quantitative estimate of drug-likeness (QED) is 0.340. The van der Waals surface area contributed by atoms with Crippen LogP contribution in [0.5, 0.6) is 11.5 Å². The van der Waals surface area contributed by atoms with Crippen LogP contribution in [0.25, 0.3) is 0 Å². The molecule has 1 heterocycles. The van der Waals surface area contributed by atoms with Gasteiger partial charge in [0.25, 0.3) is 0 Å². The molecule has 1 aliphatic heterocycles. The second-order valence-corrected chi connectivity index (χ2v) is 9.33. The van der Waals surface area contributed by atoms with E-state index in [0.29, 0.717) is 22.7 Å². The van der Waals surface area contributed by atoms with Crippen molar-refractivity contribution in [2.45, 2.75) is 4.90 Å². The molecule has 0 saturated carbocycles. The molecule has 0 radical (unpaired) electrons. The summed E-state index contributed by atoms with van der Waals surface area (Å²) in [5.41, 5.74) is 1.51. The molecule has 1 aliphatic rings. The Morgan fingerprint density at radius 1 is 0.667 bits per heavy atom. The van der Waals surface area contributed by atoms with Crippen molar-refractivity contribution in [3.8, 4) is 11.5 Å². The first-order chi connectivity index (χ1) is 16.0. The van der Waals surface area contributed by atoms with Gasteiger partial charge in [-0.2, -0.15) is 0 Å². The van der Waals surface area contributed by atoms with Crippen LogP contribution in [0, 0.1) is 0 Å². The molecule has 0 spiro atoms. The highest BCUT2D eigenvalue weighted by atomic mass is 32.2. The number of anilines is 2. The van der Waals surface area contributed by atoms with E-state index in [9.17, 15) is 13.2 Å². The third-order valence-corrected chi connectivity index (χ3v) is 7.10. The van der Waals surface area contributed by atoms with Crippen molar-refractivity contribution in [3.63, 3.8) is 0 Å². The van der Waals surface area contributed by atoms with E-state index in [4.69, 9.17) is 4.74 Å². The van der Waals surface area contributed by atoms with Gasteiger partial charge in [-0.25, -0.2) is 8.42 Å². The molecule has 0 fully saturated rings. The molecule has 0 atom stereocenters. The summed E-state index contributed by atoms with van der Waals surface area (Å²) in [5.74, 6) is 0.821. The maximum absolute atomic E-state index is 13.3. The van der Waals surface area contributed by atoms with Gasteiger partial charge in [-0.1, -0.05) is 60.7 Å². The Morgan fingerprint density at radius 3 is 1.94 bits per heavy atom. The van der Waals surface area contributed by atoms with Crippen LogP contribution in [0.15, 0.2) is 125 Å². The maximum atomic E-state index is 13.3. The van der Waals surface area contributed by atoms with Crippen LogP contribution in [0.1, 0.15) is 10.4 Å². The summed E-state index contributed by atoms with van der Waals surface area (Å²) in [6.07, 6.45) is 1.40. The molecule has 0 unspecified atom stereocenters. The summed E-state index contributed by atoms with van der Waals surface area (Å²) in [5, 5.41) is 0. The Balaban J connectivity index is 1.56. The number of hydrogen-bond acceptors (Lipinski definition) is 5. The third kappa shape index (κ3) is 3.92. The number of carbonyl (C=O) groups excluding carboxylic acids is 1. The van der Waals surface area contributed by atoms with E-state index in [1.807, 2.05) is 42.5 Å². The summed E-state index contributed by atoms with van der Waals surface area (Å²) < 4.78 is 32.5. The molecule has 0 saturated heterocycles. The molecule has 5 nitrogen and oxygen atoms in total. The maximum Gasteiger partial charge on any atom is 0.214 e. The number of hydrogen-bond donors (Lipinski definition) is 0. The predicted molar refractivity (Wildman–Crippen MR) is 128 cm³/mol. The molecule has 0 amide bonds. The van der Waals surface area contributed by atoms with E-state index in [1.54, 1.807) is 65.6 Å². The van der Waals surface area contributed by atoms with Crippen molar-refractivity contribution in [2.24, 2.45) is 0 Å². The van der Waals surface area contributed by atoms with Crippen molar-refractivity contribution < 1.29 is 17.9 Å². The van der Waals surface area contributed by atoms with Crippen LogP contribution in [-0.2, 0) is 9.84 Å². The first-order valence-corrected chi connectivity index (χ1v) is 11.8. The molecule has 0 aromatic heterocycles. The van der Waals surface area contributed by atoms with Gasteiger partial charge in [-0.05, 0) is 48.5 Å². The van der Waals surface area contributed by atoms with Crippen LogP contribution in [-0.4, -0.2) is 14.2 Å². The van der Waals surface area contributed by atoms with Gasteiger partial charge in [-0.15, -0.1) is 0 Å². The molecular weight excluding hydrogens is 434 g/mol. The lowest BCUT2D eigenvalue weighted by Crippen LogP contribution is -2.25. The molecule has 4 aromatic carbocycles. The summed E-state index contributed by atoms with van der Waals surface area (Å²) in [6, 6.07) is 31.8. The second-order valence-electron chi connectivity index (χ2n) is 7.44. The van der Waals surface area contributed by atoms with Crippen LogP contribution < -0.4 is 9.64 Å². The van der Waals surface area contributed by atoms with Crippen LogP contribution in [0.2, 0.25) is 0 Å². The summed E-state index contributed by atoms with van der Waals surface area (Å²) in [7, 11) is -3.97. The average molecular weight is 454 g/mol. The zero-order valence-electron chi connectivity index (χ0n) is 17.5. The Hall–Kier alpha value is -4.16. The van der Waals surface area contributed by atoms with Crippen molar-refractivity contribution in [3.05, 3.63) is 126 Å². The predicted octanol–water partition coefficient (Wildman–Crippen LogP) is 6.13. The number of nitrogens with zero attached hydrogens (tertiary/aromatic N) is 1. The Labute approximate surface area is 192 Å². The molecule has 0 bridgehead atoms. The van der Waals surface area contributed by atoms with E-state index >= 15 is 0 Å². The van der Waals surface area contributed by atoms with Crippen molar-refractivity contribution in [1.82, 2.24) is 0 Å². The fourth-order valence-corrected chi connectivity index (χ4v) is 5.23. The van der Waals surface area contributed by atoms with Crippen molar-refractivity contribution in [2.75, 3.05) is 4.90 Å². The number of benzene rings is 4. The fraction of sp³-hybridized carbons (Fsp3) is 0. The number of Topliss-reactive ketones (excluding diaryl/α,β-unsaturated/α-hetero) is 1. The zero-order chi connectivity index (χ0) is 22.8. The molecule has 6 heteroatoms. The van der Waals surface area contributed by atoms with E-state index in [2.05, 4.69) is 0 Å². The highest BCUT2D eigenvalue weighted by molar-refractivity contribution is 7.96. The third-order valence-electron chi connectivity index (χ3n) is 5.30. The van der Waals surface area contributed by atoms with Crippen LogP contribution in [0.3, 0.4) is 0 Å². The number of fused-ring (bicyclic) bond motifs is 1. The fourth-order valence-electron chi connectivity index (χ4n) is 3.68. The standard InChI is InChI=1S/C27H19NO4S/c29-27(20-9-3-1-4-10-20)26-19-28(24-13-7-8-14-25(24)33(26,30)31)21-15-17-23(18-16-21)32-22-11-5-2-6-12-22/h1-19H. The molecule has 0 aliphatic carbocycles. The van der Waals surface area contributed by atoms with Gasteiger partial charge in [-0.3, -0.25) is 4.79 Å². The Kier molecular flexibility index (Phi) is 5.28. The highest BCUT2D eigenvalue weighted by Crippen LogP contribution is 2.40. The van der Waals surface area contributed by atoms with Gasteiger partial charge < -0.3 is 9.64 Å². The molecule has 4 aromatic rings. The number of rotatable bonds is 5. The molecule has 0 N–H and O–H groups in total. The average Bonchev–Trinajstić information content (AvgIpc) is 2.86. The molecular formula is C27H19NO4S. The lowest BCUT2D eigenvalue weighted by Gasteiger charge is -2.29. The minimum absolute atomic E-state index is 0.0939.